The molecule has 0 fully saturated rings. The fourth-order valence-corrected chi connectivity index (χ4v) is 0.340. The molecule has 0 unspecified atom stereocenters. The molecule has 1 aliphatic carbocycles. The molecule has 0 bridgehead atoms. The zero-order chi connectivity index (χ0) is 10.7. The van der Waals surface area contributed by atoms with Gasteiger partial charge < -0.3 is 45.9 Å². The molecule has 93 valence electrons. The number of halogens is 2. The van der Waals surface area contributed by atoms with E-state index in [2.05, 4.69) is 12.2 Å². The summed E-state index contributed by atoms with van der Waals surface area (Å²) in [4.78, 5) is 18.2. The van der Waals surface area contributed by atoms with Crippen molar-refractivity contribution in [3.8, 4) is 0 Å². The Morgan fingerprint density at radius 2 is 1.44 bits per heavy atom. The van der Waals surface area contributed by atoms with Crippen LogP contribution in [0.1, 0.15) is 20.3 Å². The second-order valence-corrected chi connectivity index (χ2v) is 2.12. The number of allylic oxidation sites excluding steroid dienone is 4. The van der Waals surface area contributed by atoms with Crippen LogP contribution in [-0.2, 0) is 28.1 Å². The molecule has 2 amide bonds. The normalized spacial score (nSPS) is 8.62. The molecule has 16 heavy (non-hydrogen) atoms. The zero-order valence-corrected chi connectivity index (χ0v) is 11.9. The second-order valence-electron chi connectivity index (χ2n) is 2.12. The quantitative estimate of drug-likeness (QED) is 0.435. The SMILES string of the molecule is CC([NH-])=O.CC([NH-])=O.[C-]1=CC=CC1.[Cl-].[Cl-].[V+2]. The summed E-state index contributed by atoms with van der Waals surface area (Å²) >= 11 is 0. The van der Waals surface area contributed by atoms with Gasteiger partial charge in [0.25, 0.3) is 0 Å². The molecule has 1 rings (SSSR count). The maximum absolute atomic E-state index is 9.11. The minimum absolute atomic E-state index is 0. The van der Waals surface area contributed by atoms with Crippen LogP contribution in [0.4, 0.5) is 0 Å². The molecule has 0 aromatic carbocycles. The molecule has 1 radical (unpaired) electrons. The Bertz CT molecular complexity index is 192. The number of carbonyl (C=O) groups excluding carboxylic acids is 2. The first-order valence-electron chi connectivity index (χ1n) is 3.63. The van der Waals surface area contributed by atoms with Crippen LogP contribution in [0.25, 0.3) is 11.5 Å². The molecule has 0 saturated heterocycles. The van der Waals surface area contributed by atoms with Crippen molar-refractivity contribution in [2.45, 2.75) is 20.3 Å². The third-order valence-corrected chi connectivity index (χ3v) is 0.586. The van der Waals surface area contributed by atoms with Gasteiger partial charge in [0, 0.05) is 11.8 Å². The van der Waals surface area contributed by atoms with E-state index in [1.165, 1.54) is 13.8 Å². The van der Waals surface area contributed by atoms with Crippen LogP contribution in [0, 0.1) is 6.08 Å². The Kier molecular flexibility index (Phi) is 44.4. The molecule has 1 aliphatic rings. The van der Waals surface area contributed by atoms with Gasteiger partial charge in [-0.25, -0.2) is 12.2 Å². The van der Waals surface area contributed by atoms with E-state index in [0.29, 0.717) is 0 Å². The van der Waals surface area contributed by atoms with E-state index in [-0.39, 0.29) is 43.4 Å². The van der Waals surface area contributed by atoms with Crippen LogP contribution in [0.3, 0.4) is 0 Å². The van der Waals surface area contributed by atoms with E-state index in [4.69, 9.17) is 21.1 Å². The third-order valence-electron chi connectivity index (χ3n) is 0.586. The summed E-state index contributed by atoms with van der Waals surface area (Å²) in [6.07, 6.45) is 10.0. The first-order chi connectivity index (χ1) is 5.96. The van der Waals surface area contributed by atoms with E-state index in [9.17, 15) is 0 Å². The second kappa shape index (κ2) is 24.0. The predicted octanol–water partition coefficient (Wildman–Crippen LogP) is -3.52. The third kappa shape index (κ3) is 102. The molecule has 0 saturated carbocycles. The maximum atomic E-state index is 9.11. The predicted molar refractivity (Wildman–Crippen MR) is 51.6 cm³/mol. The van der Waals surface area contributed by atoms with Crippen molar-refractivity contribution in [1.29, 1.82) is 0 Å². The molecule has 0 aliphatic heterocycles. The Morgan fingerprint density at radius 1 is 1.12 bits per heavy atom. The Balaban J connectivity index is -0.0000000350. The first kappa shape index (κ1) is 29.6. The van der Waals surface area contributed by atoms with Crippen molar-refractivity contribution >= 4 is 11.8 Å². The summed E-state index contributed by atoms with van der Waals surface area (Å²) in [6, 6.07) is 0. The molecule has 4 nitrogen and oxygen atoms in total. The van der Waals surface area contributed by atoms with Gasteiger partial charge >= 0.3 is 18.6 Å². The fourth-order valence-electron chi connectivity index (χ4n) is 0.340. The Labute approximate surface area is 121 Å². The van der Waals surface area contributed by atoms with Gasteiger partial charge in [0.2, 0.25) is 0 Å². The van der Waals surface area contributed by atoms with Gasteiger partial charge in [0.1, 0.15) is 0 Å². The van der Waals surface area contributed by atoms with Crippen molar-refractivity contribution in [3.05, 3.63) is 35.8 Å². The zero-order valence-electron chi connectivity index (χ0n) is 8.96. The summed E-state index contributed by atoms with van der Waals surface area (Å²) in [5.41, 5.74) is 11.9. The topological polar surface area (TPSA) is 81.7 Å². The first-order valence-corrected chi connectivity index (χ1v) is 3.63. The van der Waals surface area contributed by atoms with Crippen LogP contribution in [0.2, 0.25) is 0 Å². The van der Waals surface area contributed by atoms with Gasteiger partial charge in [-0.2, -0.15) is 6.08 Å². The molecule has 0 aromatic rings. The van der Waals surface area contributed by atoms with E-state index in [0.717, 1.165) is 6.42 Å². The van der Waals surface area contributed by atoms with E-state index < -0.39 is 11.8 Å². The van der Waals surface area contributed by atoms with Crippen molar-refractivity contribution in [2.75, 3.05) is 0 Å². The summed E-state index contributed by atoms with van der Waals surface area (Å²) in [7, 11) is 0. The average molecular weight is 303 g/mol. The Morgan fingerprint density at radius 3 is 1.50 bits per heavy atom. The molecule has 0 aromatic heterocycles. The van der Waals surface area contributed by atoms with Crippen LogP contribution < -0.4 is 24.8 Å². The monoisotopic (exact) mass is 302 g/mol. The standard InChI is InChI=1S/C5H5.2C2H5NO.2ClH.V/c1-2-4-5-3-1;2*1-2(3)4;;;/h1-3H,4H2;2*1H3,(H2,3,4);2*1H;/q-1;;;;;+2/p-4. The number of nitrogens with one attached hydrogen (secondary N) is 2. The molecule has 0 heterocycles. The minimum atomic E-state index is -0.583. The molecular weight excluding hydrogens is 290 g/mol. The van der Waals surface area contributed by atoms with E-state index in [1.807, 2.05) is 12.2 Å². The van der Waals surface area contributed by atoms with Crippen molar-refractivity contribution < 1.29 is 53.0 Å². The van der Waals surface area contributed by atoms with Gasteiger partial charge in [-0.1, -0.05) is 0 Å². The number of amides is 2. The van der Waals surface area contributed by atoms with Crippen LogP contribution >= 0.6 is 0 Å². The summed E-state index contributed by atoms with van der Waals surface area (Å²) in [5.74, 6) is -1.17. The van der Waals surface area contributed by atoms with E-state index >= 15 is 0 Å². The number of hydrogen-bond donors (Lipinski definition) is 0. The molecular formula is C9H13Cl2N2O2V-3. The minimum Gasteiger partial charge on any atom is -1.00 e. The number of rotatable bonds is 0. The average Bonchev–Trinajstić information content (AvgIpc) is 2.35. The molecule has 0 spiro atoms. The van der Waals surface area contributed by atoms with Gasteiger partial charge in [0.15, 0.2) is 0 Å². The van der Waals surface area contributed by atoms with Crippen molar-refractivity contribution in [2.24, 2.45) is 0 Å². The van der Waals surface area contributed by atoms with Gasteiger partial charge in [-0.15, -0.1) is 6.42 Å². The van der Waals surface area contributed by atoms with Gasteiger partial charge in [0.05, 0.1) is 0 Å². The number of hydrogen-bond acceptors (Lipinski definition) is 2. The fraction of sp³-hybridized carbons (Fsp3) is 0.333. The molecule has 7 heteroatoms. The van der Waals surface area contributed by atoms with Crippen LogP contribution in [-0.4, -0.2) is 11.8 Å². The summed E-state index contributed by atoms with van der Waals surface area (Å²) in [5, 5.41) is 0. The smallest absolute Gasteiger partial charge is 1.00 e. The number of carbonyl (C=O) groups is 2. The maximum Gasteiger partial charge on any atom is 2.00 e. The van der Waals surface area contributed by atoms with Crippen molar-refractivity contribution in [1.82, 2.24) is 0 Å². The van der Waals surface area contributed by atoms with Gasteiger partial charge in [-0.3, -0.25) is 6.08 Å². The molecule has 0 atom stereocenters. The van der Waals surface area contributed by atoms with Crippen LogP contribution in [0.5, 0.6) is 0 Å². The van der Waals surface area contributed by atoms with Crippen molar-refractivity contribution in [3.63, 3.8) is 0 Å². The van der Waals surface area contributed by atoms with Gasteiger partial charge in [-0.05, 0) is 13.8 Å². The Hall–Kier alpha value is -0.416. The summed E-state index contributed by atoms with van der Waals surface area (Å²) < 4.78 is 0. The largest absolute Gasteiger partial charge is 2.00 e. The summed E-state index contributed by atoms with van der Waals surface area (Å²) in [6.45, 7) is 2.39. The van der Waals surface area contributed by atoms with E-state index in [1.54, 1.807) is 0 Å². The van der Waals surface area contributed by atoms with Crippen LogP contribution in [0.15, 0.2) is 18.2 Å². The molecule has 2 N–H and O–H groups in total.